The van der Waals surface area contributed by atoms with E-state index in [9.17, 15) is 8.78 Å². The Morgan fingerprint density at radius 3 is 1.82 bits per heavy atom. The van der Waals surface area contributed by atoms with E-state index in [2.05, 4.69) is 30.6 Å². The minimum absolute atomic E-state index is 0.561. The van der Waals surface area contributed by atoms with Gasteiger partial charge in [-0.2, -0.15) is 8.78 Å². The Morgan fingerprint density at radius 2 is 1.32 bits per heavy atom. The summed E-state index contributed by atoms with van der Waals surface area (Å²) in [6.07, 6.45) is 5.88. The van der Waals surface area contributed by atoms with Gasteiger partial charge in [0.2, 0.25) is 11.7 Å². The van der Waals surface area contributed by atoms with E-state index in [0.717, 1.165) is 12.8 Å². The van der Waals surface area contributed by atoms with Gasteiger partial charge in [-0.15, -0.1) is 0 Å². The van der Waals surface area contributed by atoms with E-state index in [1.54, 1.807) is 31.4 Å². The molecule has 1 nitrogen and oxygen atoms in total. The molecule has 0 aliphatic heterocycles. The van der Waals surface area contributed by atoms with E-state index in [4.69, 9.17) is 4.74 Å². The molecule has 144 valence electrons. The molecule has 0 saturated heterocycles. The van der Waals surface area contributed by atoms with Crippen LogP contribution < -0.4 is 4.74 Å². The minimum Gasteiger partial charge on any atom is -0.497 e. The number of rotatable bonds is 6. The maximum Gasteiger partial charge on any atom is 0.217 e. The van der Waals surface area contributed by atoms with Gasteiger partial charge >= 0.3 is 0 Å². The maximum absolute atomic E-state index is 13.8. The van der Waals surface area contributed by atoms with Crippen molar-refractivity contribution >= 4 is 0 Å². The fourth-order valence-electron chi connectivity index (χ4n) is 2.55. The first-order chi connectivity index (χ1) is 13.6. The SMILES string of the molecule is CCCCCCc1ccc(C#C/C(F)=C(\F)C#Cc2ccc(OC)cc2)cc1. The normalized spacial score (nSPS) is 10.9. The molecule has 0 fully saturated rings. The number of halogens is 2. The third-order valence-corrected chi connectivity index (χ3v) is 4.19. The zero-order valence-electron chi connectivity index (χ0n) is 16.3. The smallest absolute Gasteiger partial charge is 0.217 e. The molecular weight excluding hydrogens is 354 g/mol. The summed E-state index contributed by atoms with van der Waals surface area (Å²) in [4.78, 5) is 0. The van der Waals surface area contributed by atoms with Gasteiger partial charge in [-0.25, -0.2) is 0 Å². The van der Waals surface area contributed by atoms with Crippen LogP contribution in [0, 0.1) is 23.7 Å². The fraction of sp³-hybridized carbons (Fsp3) is 0.280. The van der Waals surface area contributed by atoms with Crippen molar-refractivity contribution in [2.24, 2.45) is 0 Å². The van der Waals surface area contributed by atoms with Crippen molar-refractivity contribution in [3.8, 4) is 29.4 Å². The Bertz CT molecular complexity index is 901. The number of benzene rings is 2. The van der Waals surface area contributed by atoms with Crippen molar-refractivity contribution < 1.29 is 13.5 Å². The van der Waals surface area contributed by atoms with Crippen molar-refractivity contribution in [2.45, 2.75) is 39.0 Å². The van der Waals surface area contributed by atoms with Crippen LogP contribution in [0.25, 0.3) is 0 Å². The number of aryl methyl sites for hydroxylation is 1. The number of unbranched alkanes of at least 4 members (excludes halogenated alkanes) is 3. The number of hydrogen-bond acceptors (Lipinski definition) is 1. The maximum atomic E-state index is 13.8. The molecule has 0 aliphatic rings. The van der Waals surface area contributed by atoms with E-state index in [-0.39, 0.29) is 0 Å². The summed E-state index contributed by atoms with van der Waals surface area (Å²) in [5.74, 6) is 7.90. The molecule has 0 radical (unpaired) electrons. The number of allylic oxidation sites excluding steroid dienone is 2. The van der Waals surface area contributed by atoms with E-state index < -0.39 is 11.7 Å². The molecule has 0 saturated carbocycles. The van der Waals surface area contributed by atoms with Crippen LogP contribution in [0.2, 0.25) is 0 Å². The van der Waals surface area contributed by atoms with Crippen molar-refractivity contribution in [1.82, 2.24) is 0 Å². The molecular formula is C25H24F2O. The van der Waals surface area contributed by atoms with Gasteiger partial charge in [-0.05, 0) is 66.6 Å². The van der Waals surface area contributed by atoms with Gasteiger partial charge in [0.15, 0.2) is 0 Å². The van der Waals surface area contributed by atoms with E-state index in [1.165, 1.54) is 24.8 Å². The molecule has 0 atom stereocenters. The van der Waals surface area contributed by atoms with E-state index in [0.29, 0.717) is 16.9 Å². The molecule has 28 heavy (non-hydrogen) atoms. The minimum atomic E-state index is -1.17. The highest BCUT2D eigenvalue weighted by Gasteiger charge is 2.00. The summed E-state index contributed by atoms with van der Waals surface area (Å²) in [6.45, 7) is 2.19. The zero-order valence-corrected chi connectivity index (χ0v) is 16.3. The van der Waals surface area contributed by atoms with Crippen molar-refractivity contribution in [3.63, 3.8) is 0 Å². The van der Waals surface area contributed by atoms with Crippen LogP contribution in [0.4, 0.5) is 8.78 Å². The van der Waals surface area contributed by atoms with Crippen molar-refractivity contribution in [3.05, 3.63) is 76.9 Å². The quantitative estimate of drug-likeness (QED) is 0.419. The monoisotopic (exact) mass is 378 g/mol. The van der Waals surface area contributed by atoms with Gasteiger partial charge in [0.25, 0.3) is 0 Å². The standard InChI is InChI=1S/C25H24F2O/c1-3-4-5-6-7-20-8-10-21(11-9-20)14-18-24(26)25(27)19-15-22-12-16-23(28-2)17-13-22/h8-13,16-17H,3-7H2,1-2H3/b25-24+. The first-order valence-electron chi connectivity index (χ1n) is 9.44. The highest BCUT2D eigenvalue weighted by molar-refractivity contribution is 5.46. The third-order valence-electron chi connectivity index (χ3n) is 4.19. The summed E-state index contributed by atoms with van der Waals surface area (Å²) in [5.41, 5.74) is 2.43. The second-order valence-corrected chi connectivity index (χ2v) is 6.36. The molecule has 0 heterocycles. The summed E-state index contributed by atoms with van der Waals surface area (Å²) in [5, 5.41) is 0. The Labute approximate surface area is 166 Å². The first kappa shape index (κ1) is 21.3. The molecule has 0 unspecified atom stereocenters. The van der Waals surface area contributed by atoms with Gasteiger partial charge in [0.1, 0.15) is 5.75 Å². The van der Waals surface area contributed by atoms with Gasteiger partial charge in [-0.1, -0.05) is 50.2 Å². The van der Waals surface area contributed by atoms with Crippen LogP contribution in [0.1, 0.15) is 49.3 Å². The lowest BCUT2D eigenvalue weighted by atomic mass is 10.0. The summed E-state index contributed by atoms with van der Waals surface area (Å²) in [7, 11) is 1.55. The molecule has 0 spiro atoms. The Hall–Kier alpha value is -3.04. The number of hydrogen-bond donors (Lipinski definition) is 0. The molecule has 0 N–H and O–H groups in total. The Kier molecular flexibility index (Phi) is 8.83. The molecule has 0 aromatic heterocycles. The van der Waals surface area contributed by atoms with Crippen LogP contribution >= 0.6 is 0 Å². The predicted octanol–water partition coefficient (Wildman–Crippen LogP) is 6.37. The van der Waals surface area contributed by atoms with Gasteiger partial charge in [0, 0.05) is 11.1 Å². The molecule has 0 amide bonds. The number of ether oxygens (including phenoxy) is 1. The average Bonchev–Trinajstić information content (AvgIpc) is 2.74. The third kappa shape index (κ3) is 7.29. The van der Waals surface area contributed by atoms with Gasteiger partial charge in [-0.3, -0.25) is 0 Å². The molecule has 0 aliphatic carbocycles. The van der Waals surface area contributed by atoms with Crippen LogP contribution in [0.15, 0.2) is 60.2 Å². The van der Waals surface area contributed by atoms with Gasteiger partial charge in [0.05, 0.1) is 7.11 Å². The van der Waals surface area contributed by atoms with Crippen molar-refractivity contribution in [1.29, 1.82) is 0 Å². The highest BCUT2D eigenvalue weighted by Crippen LogP contribution is 2.12. The van der Waals surface area contributed by atoms with Crippen LogP contribution in [0.3, 0.4) is 0 Å². The second kappa shape index (κ2) is 11.6. The molecule has 2 aromatic rings. The molecule has 2 aromatic carbocycles. The molecule has 2 rings (SSSR count). The lowest BCUT2D eigenvalue weighted by Gasteiger charge is -2.01. The zero-order chi connectivity index (χ0) is 20.2. The van der Waals surface area contributed by atoms with Crippen LogP contribution in [-0.2, 0) is 6.42 Å². The topological polar surface area (TPSA) is 9.23 Å². The molecule has 0 bridgehead atoms. The summed E-state index contributed by atoms with van der Waals surface area (Å²) < 4.78 is 32.7. The Balaban J connectivity index is 1.98. The predicted molar refractivity (Wildman–Crippen MR) is 110 cm³/mol. The number of methoxy groups -OCH3 is 1. The first-order valence-corrected chi connectivity index (χ1v) is 9.44. The van der Waals surface area contributed by atoms with Crippen LogP contribution in [-0.4, -0.2) is 7.11 Å². The molecule has 3 heteroatoms. The lowest BCUT2D eigenvalue weighted by molar-refractivity contribution is 0.415. The van der Waals surface area contributed by atoms with Gasteiger partial charge < -0.3 is 4.74 Å². The highest BCUT2D eigenvalue weighted by atomic mass is 19.2. The largest absolute Gasteiger partial charge is 0.497 e. The van der Waals surface area contributed by atoms with E-state index >= 15 is 0 Å². The van der Waals surface area contributed by atoms with Crippen molar-refractivity contribution in [2.75, 3.05) is 7.11 Å². The average molecular weight is 378 g/mol. The van der Waals surface area contributed by atoms with E-state index in [1.807, 2.05) is 24.3 Å². The second-order valence-electron chi connectivity index (χ2n) is 6.36. The lowest BCUT2D eigenvalue weighted by Crippen LogP contribution is -1.86. The summed E-state index contributed by atoms with van der Waals surface area (Å²) >= 11 is 0. The summed E-state index contributed by atoms with van der Waals surface area (Å²) in [6, 6.07) is 14.4. The Morgan fingerprint density at radius 1 is 0.786 bits per heavy atom. The fourth-order valence-corrected chi connectivity index (χ4v) is 2.55. The van der Waals surface area contributed by atoms with Crippen LogP contribution in [0.5, 0.6) is 5.75 Å².